The summed E-state index contributed by atoms with van der Waals surface area (Å²) < 4.78 is 24.1. The molecule has 6 heteroatoms. The fourth-order valence-corrected chi connectivity index (χ4v) is 3.00. The van der Waals surface area contributed by atoms with E-state index in [1.807, 2.05) is 12.1 Å². The molecule has 0 bridgehead atoms. The van der Waals surface area contributed by atoms with Crippen LogP contribution in [0.1, 0.15) is 28.4 Å². The van der Waals surface area contributed by atoms with Gasteiger partial charge in [0, 0.05) is 31.1 Å². The van der Waals surface area contributed by atoms with Crippen molar-refractivity contribution in [1.82, 2.24) is 4.90 Å². The first kappa shape index (κ1) is 21.0. The Morgan fingerprint density at radius 3 is 2.17 bits per heavy atom. The first-order valence-electron chi connectivity index (χ1n) is 9.38. The molecule has 0 aliphatic rings. The number of amides is 1. The normalized spacial score (nSPS) is 10.4. The molecular formula is C24H22FNO4. The van der Waals surface area contributed by atoms with E-state index in [1.165, 1.54) is 19.1 Å². The lowest BCUT2D eigenvalue weighted by atomic mass is 10.1. The van der Waals surface area contributed by atoms with Crippen LogP contribution in [-0.2, 0) is 17.9 Å². The van der Waals surface area contributed by atoms with Crippen molar-refractivity contribution in [2.45, 2.75) is 20.0 Å². The summed E-state index contributed by atoms with van der Waals surface area (Å²) in [5.41, 5.74) is 2.20. The number of methoxy groups -OCH3 is 1. The number of benzene rings is 3. The zero-order valence-corrected chi connectivity index (χ0v) is 16.8. The first-order valence-corrected chi connectivity index (χ1v) is 9.38. The van der Waals surface area contributed by atoms with Crippen LogP contribution in [0.25, 0.3) is 0 Å². The Hall–Kier alpha value is -3.67. The number of aldehydes is 1. The minimum absolute atomic E-state index is 0.0970. The van der Waals surface area contributed by atoms with E-state index < -0.39 is 0 Å². The minimum Gasteiger partial charge on any atom is -0.496 e. The Morgan fingerprint density at radius 1 is 0.967 bits per heavy atom. The molecule has 154 valence electrons. The van der Waals surface area contributed by atoms with Crippen LogP contribution in [0.15, 0.2) is 66.7 Å². The molecule has 3 aromatic carbocycles. The van der Waals surface area contributed by atoms with Crippen molar-refractivity contribution in [2.24, 2.45) is 0 Å². The number of hydrogen-bond donors (Lipinski definition) is 0. The molecule has 1 amide bonds. The zero-order chi connectivity index (χ0) is 21.5. The van der Waals surface area contributed by atoms with Gasteiger partial charge in [0.2, 0.25) is 5.91 Å². The van der Waals surface area contributed by atoms with E-state index >= 15 is 0 Å². The molecular weight excluding hydrogens is 385 g/mol. The first-order chi connectivity index (χ1) is 14.5. The zero-order valence-electron chi connectivity index (χ0n) is 16.8. The van der Waals surface area contributed by atoms with Crippen LogP contribution in [0.5, 0.6) is 17.2 Å². The highest BCUT2D eigenvalue weighted by atomic mass is 19.1. The number of carbonyl (C=O) groups excluding carboxylic acids is 2. The lowest BCUT2D eigenvalue weighted by Crippen LogP contribution is -2.27. The molecule has 0 atom stereocenters. The molecule has 0 aliphatic carbocycles. The highest BCUT2D eigenvalue weighted by molar-refractivity contribution is 5.76. The highest BCUT2D eigenvalue weighted by Gasteiger charge is 2.14. The summed E-state index contributed by atoms with van der Waals surface area (Å²) in [5, 5.41) is 0. The molecule has 0 spiro atoms. The van der Waals surface area contributed by atoms with Crippen LogP contribution in [0, 0.1) is 5.82 Å². The average molecular weight is 407 g/mol. The predicted molar refractivity (Wildman–Crippen MR) is 111 cm³/mol. The monoisotopic (exact) mass is 407 g/mol. The van der Waals surface area contributed by atoms with E-state index in [0.29, 0.717) is 35.9 Å². The van der Waals surface area contributed by atoms with Gasteiger partial charge in [-0.3, -0.25) is 9.59 Å². The quantitative estimate of drug-likeness (QED) is 0.494. The Labute approximate surface area is 174 Å². The second kappa shape index (κ2) is 9.69. The molecule has 0 heterocycles. The van der Waals surface area contributed by atoms with Crippen molar-refractivity contribution in [2.75, 3.05) is 7.11 Å². The van der Waals surface area contributed by atoms with Gasteiger partial charge in [-0.05, 0) is 60.2 Å². The summed E-state index contributed by atoms with van der Waals surface area (Å²) in [4.78, 5) is 25.0. The molecule has 5 nitrogen and oxygen atoms in total. The third-order valence-corrected chi connectivity index (χ3v) is 4.59. The lowest BCUT2D eigenvalue weighted by molar-refractivity contribution is -0.130. The van der Waals surface area contributed by atoms with Crippen molar-refractivity contribution >= 4 is 12.2 Å². The molecule has 30 heavy (non-hydrogen) atoms. The third kappa shape index (κ3) is 5.44. The SMILES string of the molecule is COc1ccc(C=O)cc1CN(Cc1ccc(Oc2ccc(F)cc2)cc1)C(C)=O. The second-order valence-electron chi connectivity index (χ2n) is 6.76. The average Bonchev–Trinajstić information content (AvgIpc) is 2.76. The molecule has 0 aromatic heterocycles. The Balaban J connectivity index is 1.71. The molecule has 0 unspecified atom stereocenters. The van der Waals surface area contributed by atoms with Crippen LogP contribution in [0.2, 0.25) is 0 Å². The maximum atomic E-state index is 13.0. The van der Waals surface area contributed by atoms with Gasteiger partial charge in [-0.2, -0.15) is 0 Å². The summed E-state index contributed by atoms with van der Waals surface area (Å²) in [7, 11) is 1.55. The second-order valence-corrected chi connectivity index (χ2v) is 6.76. The van der Waals surface area contributed by atoms with Gasteiger partial charge < -0.3 is 14.4 Å². The summed E-state index contributed by atoms with van der Waals surface area (Å²) in [5.74, 6) is 1.35. The smallest absolute Gasteiger partial charge is 0.220 e. The van der Waals surface area contributed by atoms with Crippen LogP contribution in [0.3, 0.4) is 0 Å². The van der Waals surface area contributed by atoms with E-state index in [4.69, 9.17) is 9.47 Å². The van der Waals surface area contributed by atoms with Gasteiger partial charge in [-0.1, -0.05) is 12.1 Å². The topological polar surface area (TPSA) is 55.8 Å². The van der Waals surface area contributed by atoms with E-state index in [0.717, 1.165) is 17.4 Å². The summed E-state index contributed by atoms with van der Waals surface area (Å²) in [6.45, 7) is 2.21. The van der Waals surface area contributed by atoms with Gasteiger partial charge in [-0.25, -0.2) is 4.39 Å². The molecule has 3 aromatic rings. The summed E-state index contributed by atoms with van der Waals surface area (Å²) >= 11 is 0. The molecule has 0 radical (unpaired) electrons. The number of hydrogen-bond acceptors (Lipinski definition) is 4. The minimum atomic E-state index is -0.322. The maximum Gasteiger partial charge on any atom is 0.220 e. The van der Waals surface area contributed by atoms with Crippen LogP contribution >= 0.6 is 0 Å². The van der Waals surface area contributed by atoms with E-state index in [1.54, 1.807) is 54.5 Å². The van der Waals surface area contributed by atoms with Gasteiger partial charge in [0.15, 0.2) is 0 Å². The van der Waals surface area contributed by atoms with E-state index in [-0.39, 0.29) is 11.7 Å². The van der Waals surface area contributed by atoms with Gasteiger partial charge in [0.05, 0.1) is 7.11 Å². The van der Waals surface area contributed by atoms with Crippen molar-refractivity contribution in [1.29, 1.82) is 0 Å². The van der Waals surface area contributed by atoms with Crippen LogP contribution in [0.4, 0.5) is 4.39 Å². The molecule has 0 fully saturated rings. The highest BCUT2D eigenvalue weighted by Crippen LogP contribution is 2.24. The van der Waals surface area contributed by atoms with Crippen molar-refractivity contribution in [3.63, 3.8) is 0 Å². The van der Waals surface area contributed by atoms with Crippen LogP contribution < -0.4 is 9.47 Å². The fourth-order valence-electron chi connectivity index (χ4n) is 3.00. The van der Waals surface area contributed by atoms with Gasteiger partial charge in [0.1, 0.15) is 29.4 Å². The third-order valence-electron chi connectivity index (χ3n) is 4.59. The largest absolute Gasteiger partial charge is 0.496 e. The van der Waals surface area contributed by atoms with Crippen molar-refractivity contribution in [3.05, 3.63) is 89.2 Å². The van der Waals surface area contributed by atoms with Crippen LogP contribution in [-0.4, -0.2) is 24.2 Å². The lowest BCUT2D eigenvalue weighted by Gasteiger charge is -2.23. The number of rotatable bonds is 8. The van der Waals surface area contributed by atoms with E-state index in [9.17, 15) is 14.0 Å². The summed E-state index contributed by atoms with van der Waals surface area (Å²) in [6, 6.07) is 18.2. The van der Waals surface area contributed by atoms with Gasteiger partial charge in [-0.15, -0.1) is 0 Å². The molecule has 0 aliphatic heterocycles. The predicted octanol–water partition coefficient (Wildman–Crippen LogP) is 4.99. The number of halogens is 1. The van der Waals surface area contributed by atoms with E-state index in [2.05, 4.69) is 0 Å². The Kier molecular flexibility index (Phi) is 6.80. The van der Waals surface area contributed by atoms with Crippen molar-refractivity contribution in [3.8, 4) is 17.2 Å². The molecule has 0 saturated carbocycles. The number of nitrogens with zero attached hydrogens (tertiary/aromatic N) is 1. The van der Waals surface area contributed by atoms with Gasteiger partial charge >= 0.3 is 0 Å². The number of carbonyl (C=O) groups is 2. The standard InChI is InChI=1S/C24H22FNO4/c1-17(28)26(15-20-13-19(16-27)5-12-24(20)29-2)14-18-3-8-22(9-4-18)30-23-10-6-21(25)7-11-23/h3-13,16H,14-15H2,1-2H3. The number of ether oxygens (including phenoxy) is 2. The summed E-state index contributed by atoms with van der Waals surface area (Å²) in [6.07, 6.45) is 0.765. The van der Waals surface area contributed by atoms with Crippen molar-refractivity contribution < 1.29 is 23.5 Å². The Bertz CT molecular complexity index is 1020. The maximum absolute atomic E-state index is 13.0. The molecule has 3 rings (SSSR count). The Morgan fingerprint density at radius 2 is 1.60 bits per heavy atom. The molecule has 0 N–H and O–H groups in total. The fraction of sp³-hybridized carbons (Fsp3) is 0.167. The molecule has 0 saturated heterocycles. The van der Waals surface area contributed by atoms with Gasteiger partial charge in [0.25, 0.3) is 0 Å².